The molecule has 2 aliphatic rings. The van der Waals surface area contributed by atoms with Crippen molar-refractivity contribution < 1.29 is 4.74 Å². The molecule has 0 amide bonds. The second kappa shape index (κ2) is 12.0. The molecule has 0 spiro atoms. The minimum absolute atomic E-state index is 0. The Labute approximate surface area is 193 Å². The number of rotatable bonds is 6. The van der Waals surface area contributed by atoms with Crippen molar-refractivity contribution in [3.63, 3.8) is 0 Å². The average molecular weight is 515 g/mol. The number of halogens is 1. The predicted molar refractivity (Wildman–Crippen MR) is 133 cm³/mol. The van der Waals surface area contributed by atoms with Gasteiger partial charge in [0.1, 0.15) is 0 Å². The average Bonchev–Trinajstić information content (AvgIpc) is 3.21. The van der Waals surface area contributed by atoms with Gasteiger partial charge in [-0.2, -0.15) is 0 Å². The molecule has 3 rings (SSSR count). The lowest BCUT2D eigenvalue weighted by molar-refractivity contribution is 0.181. The Morgan fingerprint density at radius 1 is 1.24 bits per heavy atom. The van der Waals surface area contributed by atoms with Crippen molar-refractivity contribution in [1.82, 2.24) is 15.1 Å². The van der Waals surface area contributed by atoms with Gasteiger partial charge in [-0.3, -0.25) is 9.89 Å². The molecule has 1 N–H and O–H groups in total. The maximum absolute atomic E-state index is 5.49. The van der Waals surface area contributed by atoms with Crippen LogP contribution in [-0.2, 0) is 4.74 Å². The van der Waals surface area contributed by atoms with E-state index >= 15 is 0 Å². The molecule has 0 saturated carbocycles. The summed E-state index contributed by atoms with van der Waals surface area (Å²) in [6.07, 6.45) is 1.16. The van der Waals surface area contributed by atoms with Crippen LogP contribution in [0, 0.1) is 19.8 Å². The van der Waals surface area contributed by atoms with Crippen LogP contribution in [-0.4, -0.2) is 88.9 Å². The SMILES string of the molecule is CN=C(NCCN1CCN(c2cccc(C)c2C)CC1)N(C)CC1CCOC1.I. The van der Waals surface area contributed by atoms with Crippen LogP contribution in [0.5, 0.6) is 0 Å². The third-order valence-corrected chi connectivity index (χ3v) is 6.13. The van der Waals surface area contributed by atoms with Crippen molar-refractivity contribution in [3.05, 3.63) is 29.3 Å². The van der Waals surface area contributed by atoms with Gasteiger partial charge in [-0.15, -0.1) is 24.0 Å². The molecule has 29 heavy (non-hydrogen) atoms. The van der Waals surface area contributed by atoms with E-state index in [1.165, 1.54) is 16.8 Å². The second-order valence-electron chi connectivity index (χ2n) is 8.13. The summed E-state index contributed by atoms with van der Waals surface area (Å²) in [6.45, 7) is 13.6. The maximum Gasteiger partial charge on any atom is 0.193 e. The van der Waals surface area contributed by atoms with E-state index in [2.05, 4.69) is 64.1 Å². The van der Waals surface area contributed by atoms with Crippen LogP contribution in [0.4, 0.5) is 5.69 Å². The molecule has 0 aromatic heterocycles. The Kier molecular flexibility index (Phi) is 9.98. The topological polar surface area (TPSA) is 43.3 Å². The lowest BCUT2D eigenvalue weighted by Crippen LogP contribution is -2.50. The largest absolute Gasteiger partial charge is 0.381 e. The number of piperazine rings is 1. The number of guanidine groups is 1. The predicted octanol–water partition coefficient (Wildman–Crippen LogP) is 2.59. The molecule has 1 aromatic rings. The lowest BCUT2D eigenvalue weighted by Gasteiger charge is -2.37. The molecular formula is C22H38IN5O. The number of nitrogens with one attached hydrogen (secondary N) is 1. The van der Waals surface area contributed by atoms with Gasteiger partial charge >= 0.3 is 0 Å². The van der Waals surface area contributed by atoms with Crippen molar-refractivity contribution in [2.24, 2.45) is 10.9 Å². The van der Waals surface area contributed by atoms with Gasteiger partial charge in [0.2, 0.25) is 0 Å². The van der Waals surface area contributed by atoms with E-state index in [-0.39, 0.29) is 24.0 Å². The van der Waals surface area contributed by atoms with E-state index in [0.29, 0.717) is 5.92 Å². The standard InChI is InChI=1S/C22H37N5O.HI/c1-18-6-5-7-21(19(18)2)27-13-11-26(12-14-27)10-9-24-22(23-3)25(4)16-20-8-15-28-17-20;/h5-7,20H,8-17H2,1-4H3,(H,23,24);1H. The van der Waals surface area contributed by atoms with E-state index in [0.717, 1.165) is 71.4 Å². The van der Waals surface area contributed by atoms with Crippen molar-refractivity contribution in [1.29, 1.82) is 0 Å². The molecular weight excluding hydrogens is 477 g/mol. The first-order valence-corrected chi connectivity index (χ1v) is 10.6. The van der Waals surface area contributed by atoms with Crippen LogP contribution in [0.15, 0.2) is 23.2 Å². The fourth-order valence-corrected chi connectivity index (χ4v) is 4.20. The number of hydrogen-bond donors (Lipinski definition) is 1. The minimum Gasteiger partial charge on any atom is -0.381 e. The van der Waals surface area contributed by atoms with E-state index in [1.54, 1.807) is 0 Å². The summed E-state index contributed by atoms with van der Waals surface area (Å²) in [4.78, 5) is 11.8. The summed E-state index contributed by atoms with van der Waals surface area (Å²) < 4.78 is 5.49. The Morgan fingerprint density at radius 2 is 2.00 bits per heavy atom. The first-order valence-electron chi connectivity index (χ1n) is 10.6. The Balaban J connectivity index is 0.00000300. The van der Waals surface area contributed by atoms with Gasteiger partial charge in [0, 0.05) is 78.1 Å². The van der Waals surface area contributed by atoms with Crippen LogP contribution in [0.25, 0.3) is 0 Å². The van der Waals surface area contributed by atoms with Crippen LogP contribution < -0.4 is 10.2 Å². The number of benzene rings is 1. The molecule has 1 aromatic carbocycles. The summed E-state index contributed by atoms with van der Waals surface area (Å²) >= 11 is 0. The number of aliphatic imine (C=N–C) groups is 1. The number of ether oxygens (including phenoxy) is 1. The van der Waals surface area contributed by atoms with E-state index in [9.17, 15) is 0 Å². The molecule has 164 valence electrons. The van der Waals surface area contributed by atoms with Gasteiger partial charge in [-0.05, 0) is 37.5 Å². The van der Waals surface area contributed by atoms with Crippen molar-refractivity contribution >= 4 is 35.6 Å². The van der Waals surface area contributed by atoms with Crippen molar-refractivity contribution in [2.45, 2.75) is 20.3 Å². The van der Waals surface area contributed by atoms with Gasteiger partial charge in [-0.25, -0.2) is 0 Å². The summed E-state index contributed by atoms with van der Waals surface area (Å²) in [5.41, 5.74) is 4.19. The first kappa shape index (κ1) is 24.2. The number of anilines is 1. The Bertz CT molecular complexity index is 655. The molecule has 0 bridgehead atoms. The van der Waals surface area contributed by atoms with Crippen LogP contribution in [0.1, 0.15) is 17.5 Å². The summed E-state index contributed by atoms with van der Waals surface area (Å²) in [7, 11) is 3.99. The van der Waals surface area contributed by atoms with Gasteiger partial charge in [0.25, 0.3) is 0 Å². The molecule has 1 atom stereocenters. The van der Waals surface area contributed by atoms with E-state index < -0.39 is 0 Å². The number of nitrogens with zero attached hydrogens (tertiary/aromatic N) is 4. The fraction of sp³-hybridized carbons (Fsp3) is 0.682. The quantitative estimate of drug-likeness (QED) is 0.359. The molecule has 0 aliphatic carbocycles. The molecule has 1 unspecified atom stereocenters. The lowest BCUT2D eigenvalue weighted by atomic mass is 10.1. The highest BCUT2D eigenvalue weighted by Crippen LogP contribution is 2.23. The molecule has 2 aliphatic heterocycles. The first-order chi connectivity index (χ1) is 13.6. The minimum atomic E-state index is 0. The van der Waals surface area contributed by atoms with E-state index in [1.807, 2.05) is 7.05 Å². The monoisotopic (exact) mass is 515 g/mol. The maximum atomic E-state index is 5.49. The molecule has 2 heterocycles. The summed E-state index contributed by atoms with van der Waals surface area (Å²) in [6, 6.07) is 6.63. The molecule has 0 radical (unpaired) electrons. The molecule has 2 fully saturated rings. The van der Waals surface area contributed by atoms with Gasteiger partial charge < -0.3 is 19.9 Å². The normalized spacial score (nSPS) is 20.5. The van der Waals surface area contributed by atoms with Crippen LogP contribution in [0.2, 0.25) is 0 Å². The second-order valence-corrected chi connectivity index (χ2v) is 8.13. The zero-order valence-corrected chi connectivity index (χ0v) is 20.8. The van der Waals surface area contributed by atoms with Crippen molar-refractivity contribution in [2.75, 3.05) is 78.0 Å². The molecule has 2 saturated heterocycles. The van der Waals surface area contributed by atoms with E-state index in [4.69, 9.17) is 4.74 Å². The van der Waals surface area contributed by atoms with Crippen LogP contribution in [0.3, 0.4) is 0 Å². The Morgan fingerprint density at radius 3 is 2.66 bits per heavy atom. The smallest absolute Gasteiger partial charge is 0.193 e. The summed E-state index contributed by atoms with van der Waals surface area (Å²) in [5, 5.41) is 3.53. The number of aryl methyl sites for hydroxylation is 1. The highest BCUT2D eigenvalue weighted by molar-refractivity contribution is 14.0. The zero-order valence-electron chi connectivity index (χ0n) is 18.5. The fourth-order valence-electron chi connectivity index (χ4n) is 4.20. The third kappa shape index (κ3) is 6.72. The molecule has 7 heteroatoms. The van der Waals surface area contributed by atoms with Gasteiger partial charge in [0.15, 0.2) is 5.96 Å². The Hall–Kier alpha value is -1.06. The van der Waals surface area contributed by atoms with Gasteiger partial charge in [0.05, 0.1) is 6.61 Å². The van der Waals surface area contributed by atoms with Gasteiger partial charge in [-0.1, -0.05) is 12.1 Å². The van der Waals surface area contributed by atoms with Crippen molar-refractivity contribution in [3.8, 4) is 0 Å². The summed E-state index contributed by atoms with van der Waals surface area (Å²) in [5.74, 6) is 1.61. The third-order valence-electron chi connectivity index (χ3n) is 6.13. The zero-order chi connectivity index (χ0) is 19.9. The molecule has 6 nitrogen and oxygen atoms in total. The highest BCUT2D eigenvalue weighted by atomic mass is 127. The highest BCUT2D eigenvalue weighted by Gasteiger charge is 2.20. The van der Waals surface area contributed by atoms with Crippen LogP contribution >= 0.6 is 24.0 Å². The number of hydrogen-bond acceptors (Lipinski definition) is 4.